The molecule has 8 nitrogen and oxygen atoms in total. The number of likely N-dealkylation sites (tertiary alicyclic amines) is 1. The maximum atomic E-state index is 13.5. The van der Waals surface area contributed by atoms with Gasteiger partial charge in [0.2, 0.25) is 23.5 Å². The number of carbonyl (C=O) groups excluding carboxylic acids is 2. The predicted molar refractivity (Wildman–Crippen MR) is 116 cm³/mol. The van der Waals surface area contributed by atoms with Gasteiger partial charge in [-0.1, -0.05) is 17.3 Å². The second-order valence-electron chi connectivity index (χ2n) is 7.85. The molecule has 166 valence electrons. The number of halogens is 1. The number of anilines is 1. The summed E-state index contributed by atoms with van der Waals surface area (Å²) >= 11 is 0. The molecular weight excluding hydrogens is 413 g/mol. The number of carbonyl (C=O) groups is 2. The number of benzene rings is 2. The van der Waals surface area contributed by atoms with E-state index in [9.17, 15) is 14.0 Å². The molecule has 0 bridgehead atoms. The maximum absolute atomic E-state index is 13.5. The predicted octanol–water partition coefficient (Wildman–Crippen LogP) is 3.18. The number of rotatable bonds is 7. The lowest BCUT2D eigenvalue weighted by Crippen LogP contribution is -2.36. The molecule has 4 rings (SSSR count). The first kappa shape index (κ1) is 21.6. The summed E-state index contributed by atoms with van der Waals surface area (Å²) in [7, 11) is 0. The molecule has 3 N–H and O–H groups in total. The second kappa shape index (κ2) is 9.69. The van der Waals surface area contributed by atoms with Crippen molar-refractivity contribution in [2.24, 2.45) is 5.73 Å². The van der Waals surface area contributed by atoms with E-state index in [0.717, 1.165) is 19.4 Å². The van der Waals surface area contributed by atoms with Gasteiger partial charge in [0.25, 0.3) is 0 Å². The third-order valence-corrected chi connectivity index (χ3v) is 5.49. The van der Waals surface area contributed by atoms with Crippen LogP contribution in [0.4, 0.5) is 10.1 Å². The van der Waals surface area contributed by atoms with E-state index in [1.807, 2.05) is 0 Å². The summed E-state index contributed by atoms with van der Waals surface area (Å²) in [6.07, 6.45) is 2.21. The molecule has 0 spiro atoms. The van der Waals surface area contributed by atoms with Gasteiger partial charge in [0.05, 0.1) is 5.92 Å². The van der Waals surface area contributed by atoms with Gasteiger partial charge in [-0.2, -0.15) is 4.98 Å². The molecule has 0 aliphatic carbocycles. The van der Waals surface area contributed by atoms with Crippen LogP contribution in [0.1, 0.15) is 41.4 Å². The van der Waals surface area contributed by atoms with Gasteiger partial charge in [-0.05, 0) is 55.8 Å². The second-order valence-corrected chi connectivity index (χ2v) is 7.85. The number of amides is 2. The van der Waals surface area contributed by atoms with Crippen LogP contribution < -0.4 is 11.1 Å². The van der Waals surface area contributed by atoms with Crippen LogP contribution in [0.5, 0.6) is 0 Å². The Bertz CT molecular complexity index is 1100. The number of hydrogen-bond acceptors (Lipinski definition) is 6. The van der Waals surface area contributed by atoms with E-state index in [0.29, 0.717) is 48.0 Å². The Morgan fingerprint density at radius 3 is 2.78 bits per heavy atom. The van der Waals surface area contributed by atoms with Crippen molar-refractivity contribution in [1.29, 1.82) is 0 Å². The molecule has 32 heavy (non-hydrogen) atoms. The molecule has 2 aromatic carbocycles. The van der Waals surface area contributed by atoms with Gasteiger partial charge in [0.1, 0.15) is 5.82 Å². The fourth-order valence-electron chi connectivity index (χ4n) is 3.81. The van der Waals surface area contributed by atoms with Gasteiger partial charge in [0, 0.05) is 36.3 Å². The van der Waals surface area contributed by atoms with Crippen molar-refractivity contribution >= 4 is 17.5 Å². The highest BCUT2D eigenvalue weighted by Gasteiger charge is 2.26. The number of hydrogen-bond donors (Lipinski definition) is 2. The summed E-state index contributed by atoms with van der Waals surface area (Å²) in [6.45, 7) is 2.21. The SMILES string of the molecule is NC(=O)c1ccc(NC(=O)CCN2CCCC(c3nc(-c4cccc(F)c4)no3)C2)cc1. The molecule has 1 aromatic heterocycles. The Morgan fingerprint density at radius 1 is 1.22 bits per heavy atom. The Kier molecular flexibility index (Phi) is 6.55. The van der Waals surface area contributed by atoms with Crippen molar-refractivity contribution in [1.82, 2.24) is 15.0 Å². The van der Waals surface area contributed by atoms with Crippen LogP contribution >= 0.6 is 0 Å². The fraction of sp³-hybridized carbons (Fsp3) is 0.304. The lowest BCUT2D eigenvalue weighted by molar-refractivity contribution is -0.116. The summed E-state index contributed by atoms with van der Waals surface area (Å²) in [5.74, 6) is 0.0195. The minimum Gasteiger partial charge on any atom is -0.366 e. The van der Waals surface area contributed by atoms with E-state index in [4.69, 9.17) is 10.3 Å². The minimum absolute atomic E-state index is 0.0722. The van der Waals surface area contributed by atoms with Crippen LogP contribution in [-0.4, -0.2) is 46.5 Å². The van der Waals surface area contributed by atoms with E-state index < -0.39 is 5.91 Å². The first-order valence-electron chi connectivity index (χ1n) is 10.5. The fourth-order valence-corrected chi connectivity index (χ4v) is 3.81. The molecule has 1 fully saturated rings. The lowest BCUT2D eigenvalue weighted by atomic mass is 9.98. The summed E-state index contributed by atoms with van der Waals surface area (Å²) in [6, 6.07) is 12.6. The molecule has 2 amide bonds. The summed E-state index contributed by atoms with van der Waals surface area (Å²) in [4.78, 5) is 30.1. The topological polar surface area (TPSA) is 114 Å². The van der Waals surface area contributed by atoms with Crippen molar-refractivity contribution in [3.63, 3.8) is 0 Å². The van der Waals surface area contributed by atoms with Crippen LogP contribution in [0.15, 0.2) is 53.1 Å². The van der Waals surface area contributed by atoms with E-state index in [-0.39, 0.29) is 17.6 Å². The lowest BCUT2D eigenvalue weighted by Gasteiger charge is -2.30. The molecule has 9 heteroatoms. The molecule has 3 aromatic rings. The largest absolute Gasteiger partial charge is 0.366 e. The third kappa shape index (κ3) is 5.36. The zero-order chi connectivity index (χ0) is 22.5. The number of nitrogens with zero attached hydrogens (tertiary/aromatic N) is 3. The normalized spacial score (nSPS) is 16.6. The highest BCUT2D eigenvalue weighted by atomic mass is 19.1. The number of nitrogens with two attached hydrogens (primary N) is 1. The summed E-state index contributed by atoms with van der Waals surface area (Å²) in [5, 5.41) is 6.83. The average Bonchev–Trinajstić information content (AvgIpc) is 3.29. The van der Waals surface area contributed by atoms with Crippen LogP contribution in [0.25, 0.3) is 11.4 Å². The van der Waals surface area contributed by atoms with Crippen LogP contribution in [0.3, 0.4) is 0 Å². The van der Waals surface area contributed by atoms with Crippen molar-refractivity contribution < 1.29 is 18.5 Å². The van der Waals surface area contributed by atoms with Gasteiger partial charge < -0.3 is 20.5 Å². The Balaban J connectivity index is 1.29. The quantitative estimate of drug-likeness (QED) is 0.587. The van der Waals surface area contributed by atoms with Gasteiger partial charge >= 0.3 is 0 Å². The molecule has 1 atom stereocenters. The molecule has 0 saturated carbocycles. The number of nitrogens with one attached hydrogen (secondary N) is 1. The van der Waals surface area contributed by atoms with Crippen molar-refractivity contribution in [2.75, 3.05) is 25.0 Å². The molecule has 2 heterocycles. The summed E-state index contributed by atoms with van der Waals surface area (Å²) in [5.41, 5.74) is 6.81. The zero-order valence-electron chi connectivity index (χ0n) is 17.5. The monoisotopic (exact) mass is 437 g/mol. The van der Waals surface area contributed by atoms with E-state index in [1.165, 1.54) is 12.1 Å². The first-order valence-corrected chi connectivity index (χ1v) is 10.5. The molecule has 0 radical (unpaired) electrons. The van der Waals surface area contributed by atoms with Gasteiger partial charge in [0.15, 0.2) is 0 Å². The van der Waals surface area contributed by atoms with Gasteiger partial charge in [-0.3, -0.25) is 9.59 Å². The Hall–Kier alpha value is -3.59. The highest BCUT2D eigenvalue weighted by molar-refractivity contribution is 5.94. The van der Waals surface area contributed by atoms with E-state index in [1.54, 1.807) is 36.4 Å². The van der Waals surface area contributed by atoms with Crippen LogP contribution in [-0.2, 0) is 4.79 Å². The molecule has 1 saturated heterocycles. The number of primary amides is 1. The first-order chi connectivity index (χ1) is 15.5. The van der Waals surface area contributed by atoms with Crippen molar-refractivity contribution in [2.45, 2.75) is 25.2 Å². The van der Waals surface area contributed by atoms with Crippen LogP contribution in [0.2, 0.25) is 0 Å². The van der Waals surface area contributed by atoms with Crippen molar-refractivity contribution in [3.8, 4) is 11.4 Å². The summed E-state index contributed by atoms with van der Waals surface area (Å²) < 4.78 is 18.9. The van der Waals surface area contributed by atoms with Gasteiger partial charge in [-0.15, -0.1) is 0 Å². The highest BCUT2D eigenvalue weighted by Crippen LogP contribution is 2.27. The maximum Gasteiger partial charge on any atom is 0.248 e. The van der Waals surface area contributed by atoms with Crippen molar-refractivity contribution in [3.05, 3.63) is 65.8 Å². The average molecular weight is 437 g/mol. The number of aromatic nitrogens is 2. The van der Waals surface area contributed by atoms with Gasteiger partial charge in [-0.25, -0.2) is 4.39 Å². The van der Waals surface area contributed by atoms with Crippen LogP contribution in [0, 0.1) is 5.82 Å². The molecule has 1 aliphatic heterocycles. The standard InChI is InChI=1S/C23H24FN5O3/c24-18-5-1-3-16(13-18)22-27-23(32-28-22)17-4-2-11-29(14-17)12-10-20(30)26-19-8-6-15(7-9-19)21(25)31/h1,3,5-9,13,17H,2,4,10-12,14H2,(H2,25,31)(H,26,30). The smallest absolute Gasteiger partial charge is 0.248 e. The molecular formula is C23H24FN5O3. The molecule has 1 unspecified atom stereocenters. The Labute approximate surface area is 184 Å². The van der Waals surface area contributed by atoms with E-state index >= 15 is 0 Å². The Morgan fingerprint density at radius 2 is 2.03 bits per heavy atom. The van der Waals surface area contributed by atoms with E-state index in [2.05, 4.69) is 20.4 Å². The number of piperidine rings is 1. The third-order valence-electron chi connectivity index (χ3n) is 5.49. The minimum atomic E-state index is -0.508. The molecule has 1 aliphatic rings. The zero-order valence-corrected chi connectivity index (χ0v) is 17.5.